The summed E-state index contributed by atoms with van der Waals surface area (Å²) in [4.78, 5) is 36.0. The zero-order valence-corrected chi connectivity index (χ0v) is 16.5. The van der Waals surface area contributed by atoms with E-state index in [4.69, 9.17) is 14.6 Å². The quantitative estimate of drug-likeness (QED) is 0.203. The largest absolute Gasteiger partial charge is 0.477 e. The lowest BCUT2D eigenvalue weighted by Gasteiger charge is -2.47. The van der Waals surface area contributed by atoms with Crippen molar-refractivity contribution in [3.05, 3.63) is 35.9 Å². The van der Waals surface area contributed by atoms with Crippen LogP contribution in [0.2, 0.25) is 0 Å². The third-order valence-electron chi connectivity index (χ3n) is 4.87. The highest BCUT2D eigenvalue weighted by atomic mass is 16.7. The summed E-state index contributed by atoms with van der Waals surface area (Å²) in [6.45, 7) is -0.240. The second-order valence-electron chi connectivity index (χ2n) is 7.11. The van der Waals surface area contributed by atoms with E-state index in [2.05, 4.69) is 5.32 Å². The average Bonchev–Trinajstić information content (AvgIpc) is 2.73. The topological polar surface area (TPSA) is 203 Å². The number of carboxylic acid groups (broad SMARTS) is 1. The summed E-state index contributed by atoms with van der Waals surface area (Å²) in [6, 6.07) is 6.65. The van der Waals surface area contributed by atoms with E-state index in [9.17, 15) is 39.9 Å². The molecule has 172 valence electrons. The Hall–Kier alpha value is -2.61. The molecule has 1 aromatic rings. The smallest absolute Gasteiger partial charge is 0.365 e. The van der Waals surface area contributed by atoms with Crippen LogP contribution in [0.5, 0.6) is 0 Å². The van der Waals surface area contributed by atoms with Gasteiger partial charge < -0.3 is 45.4 Å². The van der Waals surface area contributed by atoms with E-state index < -0.39 is 66.6 Å². The number of hydrogen-bond acceptors (Lipinski definition) is 10. The van der Waals surface area contributed by atoms with Gasteiger partial charge in [0.2, 0.25) is 5.91 Å². The number of esters is 1. The second kappa shape index (κ2) is 10.1. The average molecular weight is 443 g/mol. The predicted molar refractivity (Wildman–Crippen MR) is 99.9 cm³/mol. The first-order valence-corrected chi connectivity index (χ1v) is 9.29. The van der Waals surface area contributed by atoms with Gasteiger partial charge in [-0.3, -0.25) is 9.59 Å². The molecule has 0 saturated carbocycles. The summed E-state index contributed by atoms with van der Waals surface area (Å²) in [6.07, 6.45) is -7.91. The molecular formula is C19H25NO11. The fourth-order valence-corrected chi connectivity index (χ4v) is 3.30. The van der Waals surface area contributed by atoms with Crippen molar-refractivity contribution in [3.8, 4) is 0 Å². The Labute approximate surface area is 176 Å². The Morgan fingerprint density at radius 3 is 2.35 bits per heavy atom. The van der Waals surface area contributed by atoms with Crippen LogP contribution in [0.25, 0.3) is 0 Å². The van der Waals surface area contributed by atoms with Gasteiger partial charge in [-0.1, -0.05) is 30.3 Å². The van der Waals surface area contributed by atoms with E-state index in [1.165, 1.54) is 0 Å². The van der Waals surface area contributed by atoms with Crippen molar-refractivity contribution in [1.29, 1.82) is 0 Å². The van der Waals surface area contributed by atoms with Gasteiger partial charge >= 0.3 is 11.9 Å². The molecule has 0 spiro atoms. The van der Waals surface area contributed by atoms with Gasteiger partial charge in [0.1, 0.15) is 30.8 Å². The number of rotatable bonds is 8. The number of nitrogens with one attached hydrogen (secondary N) is 1. The highest BCUT2D eigenvalue weighted by molar-refractivity contribution is 5.86. The van der Waals surface area contributed by atoms with Crippen LogP contribution in [-0.4, -0.2) is 91.3 Å². The summed E-state index contributed by atoms with van der Waals surface area (Å²) >= 11 is 0. The minimum absolute atomic E-state index is 0.307. The van der Waals surface area contributed by atoms with Gasteiger partial charge in [0, 0.05) is 6.92 Å². The fourth-order valence-electron chi connectivity index (χ4n) is 3.30. The van der Waals surface area contributed by atoms with Crippen molar-refractivity contribution < 1.29 is 54.5 Å². The van der Waals surface area contributed by atoms with Crippen LogP contribution in [-0.2, 0) is 30.5 Å². The van der Waals surface area contributed by atoms with E-state index >= 15 is 0 Å². The second-order valence-corrected chi connectivity index (χ2v) is 7.11. The molecule has 1 aromatic carbocycles. The normalized spacial score (nSPS) is 30.1. The number of carbonyl (C=O) groups excluding carboxylic acids is 2. The number of aliphatic carboxylic acids is 1. The molecule has 7 atom stereocenters. The maximum Gasteiger partial charge on any atom is 0.365 e. The predicted octanol–water partition coefficient (Wildman–Crippen LogP) is -2.90. The van der Waals surface area contributed by atoms with Crippen molar-refractivity contribution in [2.45, 2.75) is 49.8 Å². The summed E-state index contributed by atoms with van der Waals surface area (Å²) in [5.41, 5.74) is 0.540. The van der Waals surface area contributed by atoms with Gasteiger partial charge in [0.15, 0.2) is 0 Å². The summed E-state index contributed by atoms with van der Waals surface area (Å²) in [7, 11) is 0. The Morgan fingerprint density at radius 1 is 1.23 bits per heavy atom. The highest BCUT2D eigenvalue weighted by Crippen LogP contribution is 2.36. The Balaban J connectivity index is 2.37. The summed E-state index contributed by atoms with van der Waals surface area (Å²) in [5, 5.41) is 62.0. The fraction of sp³-hybridized carbons (Fsp3) is 0.526. The molecule has 7 N–H and O–H groups in total. The lowest BCUT2D eigenvalue weighted by atomic mass is 9.80. The first-order chi connectivity index (χ1) is 14.5. The molecular weight excluding hydrogens is 418 g/mol. The zero-order valence-electron chi connectivity index (χ0n) is 16.5. The number of aliphatic hydroxyl groups excluding tert-OH is 4. The minimum atomic E-state index is -3.37. The molecule has 2 unspecified atom stereocenters. The van der Waals surface area contributed by atoms with Crippen molar-refractivity contribution in [2.24, 2.45) is 5.92 Å². The standard InChI is InChI=1S/C19H25NO11/c1-9(22)20-13-15(25)12(17(26)30-8-10-5-3-2-4-6-10)19(29,18(27)28)31-16(13)14(24)11(23)7-21/h2-6,11-16,21,23-25,29H,7-8H2,1H3,(H,20,22)(H,27,28)/t11-,12?,13-,14-,15+,16-,19?/m1/s1. The molecule has 1 aliphatic heterocycles. The molecule has 12 heteroatoms. The lowest BCUT2D eigenvalue weighted by molar-refractivity contribution is -0.317. The SMILES string of the molecule is CC(=O)N[C@H]1[C@H]([C@H](O)[C@H](O)CO)OC(O)(C(=O)O)C(C(=O)OCc2ccccc2)[C@@H]1O. The van der Waals surface area contributed by atoms with Crippen LogP contribution < -0.4 is 5.32 Å². The van der Waals surface area contributed by atoms with E-state index in [-0.39, 0.29) is 6.61 Å². The first kappa shape index (κ1) is 24.7. The summed E-state index contributed by atoms with van der Waals surface area (Å²) < 4.78 is 10.1. The number of carboxylic acids is 1. The number of carbonyl (C=O) groups is 3. The van der Waals surface area contributed by atoms with Crippen LogP contribution >= 0.6 is 0 Å². The number of amides is 1. The van der Waals surface area contributed by atoms with E-state index in [0.717, 1.165) is 6.92 Å². The molecule has 1 amide bonds. The monoisotopic (exact) mass is 443 g/mol. The molecule has 1 aliphatic rings. The minimum Gasteiger partial charge on any atom is -0.477 e. The Bertz CT molecular complexity index is 788. The summed E-state index contributed by atoms with van der Waals surface area (Å²) in [5.74, 6) is -9.76. The van der Waals surface area contributed by atoms with Crippen molar-refractivity contribution in [3.63, 3.8) is 0 Å². The highest BCUT2D eigenvalue weighted by Gasteiger charge is 2.63. The molecule has 1 heterocycles. The number of benzene rings is 1. The maximum atomic E-state index is 12.6. The third kappa shape index (κ3) is 5.36. The molecule has 0 radical (unpaired) electrons. The maximum absolute atomic E-state index is 12.6. The number of aliphatic hydroxyl groups is 5. The van der Waals surface area contributed by atoms with Gasteiger partial charge in [-0.05, 0) is 5.56 Å². The van der Waals surface area contributed by atoms with Crippen LogP contribution in [0.4, 0.5) is 0 Å². The Kier molecular flexibility index (Phi) is 8.06. The molecule has 0 bridgehead atoms. The number of ether oxygens (including phenoxy) is 2. The van der Waals surface area contributed by atoms with Gasteiger partial charge in [0.25, 0.3) is 5.79 Å². The van der Waals surface area contributed by atoms with Gasteiger partial charge in [-0.2, -0.15) is 0 Å². The molecule has 2 rings (SSSR count). The molecule has 12 nitrogen and oxygen atoms in total. The third-order valence-corrected chi connectivity index (χ3v) is 4.87. The molecule has 0 aromatic heterocycles. The van der Waals surface area contributed by atoms with E-state index in [1.54, 1.807) is 30.3 Å². The van der Waals surface area contributed by atoms with E-state index in [0.29, 0.717) is 5.56 Å². The van der Waals surface area contributed by atoms with Crippen molar-refractivity contribution >= 4 is 17.8 Å². The van der Waals surface area contributed by atoms with Crippen LogP contribution in [0.1, 0.15) is 12.5 Å². The zero-order chi connectivity index (χ0) is 23.3. The molecule has 1 fully saturated rings. The Morgan fingerprint density at radius 2 is 1.84 bits per heavy atom. The van der Waals surface area contributed by atoms with Gasteiger partial charge in [-0.25, -0.2) is 4.79 Å². The van der Waals surface area contributed by atoms with Gasteiger partial charge in [-0.15, -0.1) is 0 Å². The van der Waals surface area contributed by atoms with Crippen molar-refractivity contribution in [2.75, 3.05) is 6.61 Å². The lowest BCUT2D eigenvalue weighted by Crippen LogP contribution is -2.72. The van der Waals surface area contributed by atoms with Crippen LogP contribution in [0.15, 0.2) is 30.3 Å². The number of hydrogen-bond donors (Lipinski definition) is 7. The molecule has 0 aliphatic carbocycles. The van der Waals surface area contributed by atoms with Crippen molar-refractivity contribution in [1.82, 2.24) is 5.32 Å². The first-order valence-electron chi connectivity index (χ1n) is 9.29. The van der Waals surface area contributed by atoms with E-state index in [1.807, 2.05) is 0 Å². The molecule has 31 heavy (non-hydrogen) atoms. The van der Waals surface area contributed by atoms with Crippen LogP contribution in [0.3, 0.4) is 0 Å². The van der Waals surface area contributed by atoms with Crippen LogP contribution in [0, 0.1) is 5.92 Å². The van der Waals surface area contributed by atoms with Gasteiger partial charge in [0.05, 0.1) is 18.8 Å². The molecule has 1 saturated heterocycles.